The number of nitrogen functional groups attached to an aromatic ring is 1. The molecule has 2 aliphatic carbocycles. The number of hydrogen-bond donors (Lipinski definition) is 6. The van der Waals surface area contributed by atoms with Crippen molar-refractivity contribution >= 4 is 75.5 Å². The fraction of sp³-hybridized carbons (Fsp3) is 0.544. The number of thiocarbonyl (C=S) groups is 1. The van der Waals surface area contributed by atoms with E-state index in [1.165, 1.54) is 29.3 Å². The molecule has 0 aliphatic heterocycles. The molecular weight excluding hydrogens is 1200 g/mol. The Balaban J connectivity index is 0.000000357. The van der Waals surface area contributed by atoms with E-state index in [-0.39, 0.29) is 70.9 Å². The van der Waals surface area contributed by atoms with Crippen molar-refractivity contribution in [1.82, 2.24) is 30.8 Å². The van der Waals surface area contributed by atoms with Gasteiger partial charge >= 0.3 is 27.9 Å². The number of rotatable bonds is 17. The average molecular weight is 1300 g/mol. The van der Waals surface area contributed by atoms with Crippen LogP contribution in [0.3, 0.4) is 0 Å². The Bertz CT molecular complexity index is 3100. The molecule has 0 atom stereocenters. The number of nitrogens with zero attached hydrogens (tertiary/aromatic N) is 3. The number of aliphatic imine (C=N–C) groups is 1. The van der Waals surface area contributed by atoms with Gasteiger partial charge in [0.25, 0.3) is 11.8 Å². The molecule has 0 unspecified atom stereocenters. The zero-order valence-corrected chi connectivity index (χ0v) is 56.4. The zero-order valence-electron chi connectivity index (χ0n) is 54.4. The van der Waals surface area contributed by atoms with Crippen molar-refractivity contribution in [3.63, 3.8) is 0 Å². The molecule has 5 aromatic rings. The molecule has 4 amide bonds. The number of fused-ring (bicyclic) bond motifs is 1. The van der Waals surface area contributed by atoms with Gasteiger partial charge in [0.15, 0.2) is 0 Å². The third kappa shape index (κ3) is 21.1. The number of aromatic nitrogens is 2. The fourth-order valence-electron chi connectivity index (χ4n) is 10.3. The van der Waals surface area contributed by atoms with E-state index in [9.17, 15) is 19.2 Å². The van der Waals surface area contributed by atoms with Gasteiger partial charge in [-0.3, -0.25) is 24.2 Å². The van der Waals surface area contributed by atoms with Crippen LogP contribution in [0.25, 0.3) is 11.0 Å². The fourth-order valence-corrected chi connectivity index (χ4v) is 10.4. The van der Waals surface area contributed by atoms with Crippen molar-refractivity contribution in [2.75, 3.05) is 36.2 Å². The first-order valence-electron chi connectivity index (χ1n) is 30.2. The number of hydrogen-bond acceptors (Lipinski definition) is 11. The van der Waals surface area contributed by atoms with Crippen LogP contribution in [0.4, 0.5) is 17.1 Å². The van der Waals surface area contributed by atoms with Gasteiger partial charge in [-0.25, -0.2) is 4.98 Å². The molecule has 2 fully saturated rings. The van der Waals surface area contributed by atoms with Gasteiger partial charge in [0.2, 0.25) is 11.8 Å². The third-order valence-corrected chi connectivity index (χ3v) is 15.9. The molecule has 0 radical (unpaired) electrons. The maximum absolute atomic E-state index is 13.4. The van der Waals surface area contributed by atoms with E-state index < -0.39 is 5.41 Å². The second kappa shape index (κ2) is 34.3. The minimum atomic E-state index is -0.431. The Kier molecular flexibility index (Phi) is 28.8. The minimum absolute atomic E-state index is 0. The van der Waals surface area contributed by atoms with Gasteiger partial charge in [0.1, 0.15) is 17.3 Å². The van der Waals surface area contributed by atoms with Gasteiger partial charge in [0.05, 0.1) is 52.4 Å². The summed E-state index contributed by atoms with van der Waals surface area (Å²) in [7, 11) is 3.81. The van der Waals surface area contributed by atoms with Gasteiger partial charge in [-0.05, 0) is 156 Å². The molecule has 0 saturated heterocycles. The molecule has 4 aromatic carbocycles. The Hall–Kier alpha value is -6.08. The molecule has 2 saturated carbocycles. The monoisotopic (exact) mass is 1300 g/mol. The first kappa shape index (κ1) is 71.4. The first-order valence-corrected chi connectivity index (χ1v) is 32.4. The molecule has 7 rings (SSSR count). The molecule has 85 heavy (non-hydrogen) atoms. The SMILES string of the molecule is C.CCOc1cc(NC)c(N)cc1C(=O)NC1CCC(C)CC1.CCOc1cc2c(cc1C(=O)NC1CCC(C)CC1)nc(Cc1c(C)ccc(CNC(=O)C(C)(C)C)c1C)n2C.Cc1ccc(CNC(=O)C(C)(C)C)c(C)c1N=CC=S.[2H][I-]C. The second-order valence-corrected chi connectivity index (χ2v) is 24.7. The summed E-state index contributed by atoms with van der Waals surface area (Å²) in [5, 5.41) is 16.9. The predicted octanol–water partition coefficient (Wildman–Crippen LogP) is 10.4. The first-order chi connectivity index (χ1) is 40.1. The van der Waals surface area contributed by atoms with E-state index in [2.05, 4.69) is 76.0 Å². The number of alkyl halides is 1. The van der Waals surface area contributed by atoms with Crippen LogP contribution in [0.15, 0.2) is 53.5 Å². The van der Waals surface area contributed by atoms with Crippen LogP contribution in [0, 0.1) is 50.4 Å². The average Bonchev–Trinajstić information content (AvgIpc) is 3.38. The van der Waals surface area contributed by atoms with E-state index in [4.69, 9.17) is 33.0 Å². The topological polar surface area (TPSA) is 203 Å². The molecule has 2 aliphatic rings. The molecule has 1 heterocycles. The van der Waals surface area contributed by atoms with Gasteiger partial charge in [0, 0.05) is 80.2 Å². The normalized spacial score (nSPS) is 16.8. The number of carbonyl (C=O) groups excluding carboxylic acids is 4. The van der Waals surface area contributed by atoms with Crippen molar-refractivity contribution < 1.29 is 51.0 Å². The van der Waals surface area contributed by atoms with Crippen LogP contribution >= 0.6 is 12.2 Å². The standard InChI is InChI=1S/C33H46N4O3.C17H27N3O2.C16H22N2OS.CH4I.CH4/c1-9-40-29-18-28-27(16-26(29)31(38)35-24-14-10-20(2)11-15-24)36-30(37(28)8)17-25-21(3)12-13-23(22(25)4)19-34-32(39)33(5,6)7;1-4-22-16-10-15(19-3)14(18)9-13(16)17(21)20-12-7-5-11(2)6-8-12;1-11-6-7-13(10-18-15(19)16(3,4)5)12(2)14(11)17-8-9-20;1-2;/h12-13,16,18,20,24H,9-11,14-15,17,19H2,1-8H3,(H,34,39)(H,35,38);9-12,19H,4-8,18H2,1-3H3,(H,20,21);6-9H,10H2,1-5H3,(H,18,19);2H,1H3;1H4/q;;;-1;/i;;;2D;. The molecule has 15 nitrogen and oxygen atoms in total. The molecule has 0 spiro atoms. The van der Waals surface area contributed by atoms with Crippen LogP contribution < -0.4 is 64.2 Å². The van der Waals surface area contributed by atoms with Gasteiger partial charge in [-0.2, -0.15) is 0 Å². The Morgan fingerprint density at radius 3 is 1.67 bits per heavy atom. The number of carbonyl (C=O) groups is 4. The number of ether oxygens (including phenoxy) is 2. The Morgan fingerprint density at radius 1 is 0.753 bits per heavy atom. The number of nitrogens with one attached hydrogen (secondary N) is 5. The molecule has 17 heteroatoms. The van der Waals surface area contributed by atoms with Crippen LogP contribution in [0.2, 0.25) is 0 Å². The third-order valence-electron chi connectivity index (χ3n) is 15.8. The summed E-state index contributed by atoms with van der Waals surface area (Å²) in [6.07, 6.45) is 11.0. The molecule has 470 valence electrons. The quantitative estimate of drug-likeness (QED) is 0.0171. The molecule has 7 N–H and O–H groups in total. The number of nitrogens with two attached hydrogens (primary N) is 1. The van der Waals surface area contributed by atoms with Crippen molar-refractivity contribution in [1.29, 1.82) is 0.594 Å². The van der Waals surface area contributed by atoms with E-state index in [1.807, 2.05) is 105 Å². The van der Waals surface area contributed by atoms with E-state index in [0.717, 1.165) is 106 Å². The second-order valence-electron chi connectivity index (χ2n) is 24.5. The molecule has 1 aromatic heterocycles. The van der Waals surface area contributed by atoms with Crippen molar-refractivity contribution in [3.05, 3.63) is 104 Å². The Labute approximate surface area is 529 Å². The number of imidazole rings is 1. The molecular formula is C68H103IN9O6S-. The van der Waals surface area contributed by atoms with E-state index >= 15 is 0 Å². The molecule has 0 bridgehead atoms. The number of amides is 4. The summed E-state index contributed by atoms with van der Waals surface area (Å²) < 4.78 is 20.0. The van der Waals surface area contributed by atoms with Crippen LogP contribution in [0.5, 0.6) is 11.5 Å². The summed E-state index contributed by atoms with van der Waals surface area (Å²) in [6, 6.07) is 16.0. The van der Waals surface area contributed by atoms with E-state index in [1.54, 1.807) is 25.4 Å². The number of aryl methyl sites for hydroxylation is 3. The zero-order chi connectivity index (χ0) is 63.3. The van der Waals surface area contributed by atoms with Crippen molar-refractivity contribution in [3.8, 4) is 11.5 Å². The van der Waals surface area contributed by atoms with Gasteiger partial charge < -0.3 is 46.4 Å². The maximum atomic E-state index is 13.4. The number of halogens is 1. The van der Waals surface area contributed by atoms with Gasteiger partial charge in [-0.1, -0.05) is 99.3 Å². The van der Waals surface area contributed by atoms with E-state index in [0.29, 0.717) is 61.0 Å². The summed E-state index contributed by atoms with van der Waals surface area (Å²) in [4.78, 5) is 61.5. The van der Waals surface area contributed by atoms with Crippen LogP contribution in [0.1, 0.15) is 194 Å². The number of benzene rings is 4. The van der Waals surface area contributed by atoms with Crippen molar-refractivity contribution in [2.45, 2.75) is 187 Å². The summed E-state index contributed by atoms with van der Waals surface area (Å²) >= 11 is 4.61. The Morgan fingerprint density at radius 2 is 1.21 bits per heavy atom. The van der Waals surface area contributed by atoms with Crippen molar-refractivity contribution in [2.24, 2.45) is 34.7 Å². The predicted molar refractivity (Wildman–Crippen MR) is 354 cm³/mol. The van der Waals surface area contributed by atoms with Crippen LogP contribution in [-0.2, 0) is 36.1 Å². The summed E-state index contributed by atoms with van der Waals surface area (Å²) in [5.74, 6) is 3.46. The number of anilines is 2. The summed E-state index contributed by atoms with van der Waals surface area (Å²) in [5.41, 5.74) is 18.1. The van der Waals surface area contributed by atoms with Gasteiger partial charge in [-0.15, -0.1) is 0 Å². The van der Waals surface area contributed by atoms with Crippen LogP contribution in [-0.4, -0.2) is 82.6 Å². The summed E-state index contributed by atoms with van der Waals surface area (Å²) in [6.45, 7) is 30.1.